The third kappa shape index (κ3) is 3.07. The molecule has 0 aliphatic heterocycles. The van der Waals surface area contributed by atoms with Crippen LogP contribution in [0.25, 0.3) is 21.9 Å². The highest BCUT2D eigenvalue weighted by Crippen LogP contribution is 2.34. The van der Waals surface area contributed by atoms with Crippen molar-refractivity contribution in [1.29, 1.82) is 0 Å². The van der Waals surface area contributed by atoms with E-state index in [2.05, 4.69) is 23.8 Å². The molecule has 7 heteroatoms. The molecular formula is C18H25N4O3+. The molecule has 0 atom stereocenters. The van der Waals surface area contributed by atoms with Crippen molar-refractivity contribution in [3.05, 3.63) is 28.8 Å². The molecule has 25 heavy (non-hydrogen) atoms. The summed E-state index contributed by atoms with van der Waals surface area (Å²) in [4.78, 5) is 22.0. The number of ether oxygens (including phenoxy) is 2. The molecule has 1 aromatic carbocycles. The number of quaternary nitrogens is 1. The lowest BCUT2D eigenvalue weighted by Crippen LogP contribution is -3.11. The molecule has 0 saturated carbocycles. The van der Waals surface area contributed by atoms with E-state index in [0.717, 1.165) is 30.5 Å². The molecule has 2 N–H and O–H groups in total. The van der Waals surface area contributed by atoms with E-state index in [9.17, 15) is 4.79 Å². The van der Waals surface area contributed by atoms with Crippen molar-refractivity contribution in [2.75, 3.05) is 33.9 Å². The van der Waals surface area contributed by atoms with Crippen LogP contribution in [0, 0.1) is 0 Å². The summed E-state index contributed by atoms with van der Waals surface area (Å²) in [6, 6.07) is 3.68. The van der Waals surface area contributed by atoms with Gasteiger partial charge in [0.25, 0.3) is 5.56 Å². The van der Waals surface area contributed by atoms with Crippen LogP contribution in [0.5, 0.6) is 11.5 Å². The summed E-state index contributed by atoms with van der Waals surface area (Å²) in [6.45, 7) is 7.96. The van der Waals surface area contributed by atoms with Gasteiger partial charge in [-0.25, -0.2) is 4.98 Å². The van der Waals surface area contributed by atoms with Gasteiger partial charge in [-0.05, 0) is 19.9 Å². The van der Waals surface area contributed by atoms with Gasteiger partial charge >= 0.3 is 0 Å². The van der Waals surface area contributed by atoms with Gasteiger partial charge in [0.05, 0.1) is 52.2 Å². The third-order valence-corrected chi connectivity index (χ3v) is 4.78. The molecular weight excluding hydrogens is 320 g/mol. The third-order valence-electron chi connectivity index (χ3n) is 4.78. The average molecular weight is 345 g/mol. The standard InChI is InChI=1S/C18H24N4O3/c1-5-21(6-2)7-8-22-11-19-16-12-9-14(24-3)15(25-4)10-13(12)20-17(16)18(22)23/h9-11,20H,5-8H2,1-4H3/p+1. The Morgan fingerprint density at radius 1 is 1.16 bits per heavy atom. The Morgan fingerprint density at radius 2 is 1.84 bits per heavy atom. The highest BCUT2D eigenvalue weighted by atomic mass is 16.5. The second-order valence-corrected chi connectivity index (χ2v) is 6.05. The number of hydrogen-bond acceptors (Lipinski definition) is 4. The number of hydrogen-bond donors (Lipinski definition) is 2. The minimum Gasteiger partial charge on any atom is -0.493 e. The lowest BCUT2D eigenvalue weighted by molar-refractivity contribution is -0.897. The highest BCUT2D eigenvalue weighted by molar-refractivity contribution is 6.05. The number of likely N-dealkylation sites (N-methyl/N-ethyl adjacent to an activating group) is 1. The van der Waals surface area contributed by atoms with Crippen molar-refractivity contribution in [2.24, 2.45) is 0 Å². The number of benzene rings is 1. The van der Waals surface area contributed by atoms with Crippen LogP contribution in [0.2, 0.25) is 0 Å². The fourth-order valence-electron chi connectivity index (χ4n) is 3.16. The minimum absolute atomic E-state index is 0.0503. The van der Waals surface area contributed by atoms with E-state index >= 15 is 0 Å². The first-order valence-corrected chi connectivity index (χ1v) is 8.59. The first kappa shape index (κ1) is 17.3. The Kier molecular flexibility index (Phi) is 4.94. The van der Waals surface area contributed by atoms with Crippen LogP contribution in [-0.4, -0.2) is 48.4 Å². The van der Waals surface area contributed by atoms with Crippen molar-refractivity contribution >= 4 is 21.9 Å². The van der Waals surface area contributed by atoms with Crippen LogP contribution in [0.1, 0.15) is 13.8 Å². The van der Waals surface area contributed by atoms with E-state index in [1.54, 1.807) is 25.1 Å². The van der Waals surface area contributed by atoms with Gasteiger partial charge in [0.15, 0.2) is 11.5 Å². The zero-order valence-corrected chi connectivity index (χ0v) is 15.2. The van der Waals surface area contributed by atoms with E-state index in [4.69, 9.17) is 9.47 Å². The van der Waals surface area contributed by atoms with Crippen LogP contribution in [0.3, 0.4) is 0 Å². The second kappa shape index (κ2) is 7.14. The fourth-order valence-corrected chi connectivity index (χ4v) is 3.16. The predicted octanol–water partition coefficient (Wildman–Crippen LogP) is 0.820. The molecule has 0 unspecified atom stereocenters. The Morgan fingerprint density at radius 3 is 2.48 bits per heavy atom. The molecule has 0 fully saturated rings. The van der Waals surface area contributed by atoms with Gasteiger partial charge in [-0.3, -0.25) is 9.36 Å². The fraction of sp³-hybridized carbons (Fsp3) is 0.444. The monoisotopic (exact) mass is 345 g/mol. The van der Waals surface area contributed by atoms with Crippen molar-refractivity contribution in [3.8, 4) is 11.5 Å². The van der Waals surface area contributed by atoms with Gasteiger partial charge < -0.3 is 19.4 Å². The number of nitrogens with zero attached hydrogens (tertiary/aromatic N) is 2. The Bertz CT molecular complexity index is 941. The normalized spacial score (nSPS) is 11.6. The molecule has 7 nitrogen and oxygen atoms in total. The van der Waals surface area contributed by atoms with Crippen molar-refractivity contribution in [3.63, 3.8) is 0 Å². The van der Waals surface area contributed by atoms with Gasteiger partial charge in [-0.15, -0.1) is 0 Å². The van der Waals surface area contributed by atoms with Crippen molar-refractivity contribution < 1.29 is 14.4 Å². The van der Waals surface area contributed by atoms with E-state index in [1.165, 1.54) is 4.90 Å². The molecule has 0 aliphatic rings. The summed E-state index contributed by atoms with van der Waals surface area (Å²) < 4.78 is 12.4. The van der Waals surface area contributed by atoms with Crippen LogP contribution in [-0.2, 0) is 6.54 Å². The molecule has 2 aromatic heterocycles. The highest BCUT2D eigenvalue weighted by Gasteiger charge is 2.15. The number of nitrogens with one attached hydrogen (secondary N) is 2. The molecule has 0 bridgehead atoms. The summed E-state index contributed by atoms with van der Waals surface area (Å²) in [6.07, 6.45) is 1.64. The maximum atomic E-state index is 12.8. The van der Waals surface area contributed by atoms with Crippen molar-refractivity contribution in [1.82, 2.24) is 14.5 Å². The van der Waals surface area contributed by atoms with E-state index in [1.807, 2.05) is 12.1 Å². The summed E-state index contributed by atoms with van der Waals surface area (Å²) in [5, 5.41) is 0.853. The molecule has 0 saturated heterocycles. The minimum atomic E-state index is -0.0503. The molecule has 3 aromatic rings. The number of aromatic nitrogens is 3. The zero-order valence-electron chi connectivity index (χ0n) is 15.2. The SMILES string of the molecule is CC[NH+](CC)CCn1cnc2c([nH]c3cc(OC)c(OC)cc32)c1=O. The van der Waals surface area contributed by atoms with Gasteiger partial charge in [0.1, 0.15) is 11.0 Å². The van der Waals surface area contributed by atoms with Gasteiger partial charge in [0, 0.05) is 11.5 Å². The van der Waals surface area contributed by atoms with Crippen LogP contribution in [0.4, 0.5) is 0 Å². The maximum Gasteiger partial charge on any atom is 0.277 e. The Labute approximate surface area is 146 Å². The van der Waals surface area contributed by atoms with E-state index in [0.29, 0.717) is 29.1 Å². The van der Waals surface area contributed by atoms with Crippen LogP contribution >= 0.6 is 0 Å². The Hall–Kier alpha value is -2.54. The zero-order chi connectivity index (χ0) is 18.0. The lowest BCUT2D eigenvalue weighted by atomic mass is 10.2. The second-order valence-electron chi connectivity index (χ2n) is 6.05. The average Bonchev–Trinajstić information content (AvgIpc) is 3.01. The Balaban J connectivity index is 2.07. The molecule has 0 spiro atoms. The molecule has 0 aliphatic carbocycles. The molecule has 0 radical (unpaired) electrons. The summed E-state index contributed by atoms with van der Waals surface area (Å²) >= 11 is 0. The van der Waals surface area contributed by atoms with Gasteiger partial charge in [-0.2, -0.15) is 0 Å². The largest absolute Gasteiger partial charge is 0.493 e. The molecule has 0 amide bonds. The predicted molar refractivity (Wildman–Crippen MR) is 97.9 cm³/mol. The lowest BCUT2D eigenvalue weighted by Gasteiger charge is -2.15. The first-order valence-electron chi connectivity index (χ1n) is 8.59. The van der Waals surface area contributed by atoms with Crippen molar-refractivity contribution in [2.45, 2.75) is 20.4 Å². The molecule has 3 rings (SSSR count). The van der Waals surface area contributed by atoms with Gasteiger partial charge in [0.2, 0.25) is 0 Å². The summed E-state index contributed by atoms with van der Waals surface area (Å²) in [7, 11) is 3.18. The first-order chi connectivity index (χ1) is 12.1. The summed E-state index contributed by atoms with van der Waals surface area (Å²) in [5.74, 6) is 1.24. The number of methoxy groups -OCH3 is 2. The smallest absolute Gasteiger partial charge is 0.277 e. The van der Waals surface area contributed by atoms with Gasteiger partial charge in [-0.1, -0.05) is 0 Å². The quantitative estimate of drug-likeness (QED) is 0.665. The van der Waals surface area contributed by atoms with E-state index in [-0.39, 0.29) is 5.56 Å². The number of H-pyrrole nitrogens is 1. The number of aromatic amines is 1. The number of rotatable bonds is 7. The topological polar surface area (TPSA) is 73.6 Å². The summed E-state index contributed by atoms with van der Waals surface area (Å²) in [5.41, 5.74) is 1.93. The van der Waals surface area contributed by atoms with Crippen LogP contribution in [0.15, 0.2) is 23.3 Å². The molecule has 134 valence electrons. The van der Waals surface area contributed by atoms with Crippen LogP contribution < -0.4 is 19.9 Å². The van der Waals surface area contributed by atoms with E-state index < -0.39 is 0 Å². The number of fused-ring (bicyclic) bond motifs is 3. The maximum absolute atomic E-state index is 12.8. The molecule has 2 heterocycles.